The number of nitrogens with zero attached hydrogens (tertiary/aromatic N) is 1. The summed E-state index contributed by atoms with van der Waals surface area (Å²) in [4.78, 5) is 4.59. The van der Waals surface area contributed by atoms with Crippen LogP contribution in [0.25, 0.3) is 11.3 Å². The molecule has 0 saturated carbocycles. The number of nitrogens with one attached hydrogen (secondary N) is 1. The lowest BCUT2D eigenvalue weighted by Crippen LogP contribution is -2.26. The summed E-state index contributed by atoms with van der Waals surface area (Å²) in [6.45, 7) is 8.24. The van der Waals surface area contributed by atoms with Crippen molar-refractivity contribution in [1.29, 1.82) is 0 Å². The second kappa shape index (κ2) is 13.1. The summed E-state index contributed by atoms with van der Waals surface area (Å²) in [7, 11) is 0. The summed E-state index contributed by atoms with van der Waals surface area (Å²) in [6.07, 6.45) is -0.267. The third kappa shape index (κ3) is 8.50. The van der Waals surface area contributed by atoms with E-state index in [9.17, 15) is 26.3 Å². The first kappa shape index (κ1) is 31.5. The van der Waals surface area contributed by atoms with Crippen LogP contribution < -0.4 is 5.32 Å². The van der Waals surface area contributed by atoms with Gasteiger partial charge >= 0.3 is 12.4 Å². The minimum Gasteiger partial charge on any atom is -0.376 e. The highest BCUT2D eigenvalue weighted by atomic mass is 19.4. The Morgan fingerprint density at radius 3 is 2.00 bits per heavy atom. The van der Waals surface area contributed by atoms with E-state index in [0.717, 1.165) is 16.8 Å². The zero-order chi connectivity index (χ0) is 30.4. The number of allylic oxidation sites excluding steroid dienone is 4. The van der Waals surface area contributed by atoms with E-state index in [1.165, 1.54) is 6.07 Å². The number of halogens is 6. The molecule has 1 unspecified atom stereocenters. The molecule has 0 bridgehead atoms. The number of hydrogen-bond acceptors (Lipinski definition) is 2. The van der Waals surface area contributed by atoms with Gasteiger partial charge in [0.15, 0.2) is 0 Å². The standard InChI is InChI=1S/C33H32F6N2/c1-6-7-14-27(22(4)5)30(17-21(2)3)41-31(23-12-9-8-10-13-23)29-16-11-15-28(40-29)24-18-25(32(34,35)36)20-26(19-24)33(37,38)39/h1,7-16,18-22,31,41H,17H2,2-5H3/b14-7-,30-27-. The zero-order valence-corrected chi connectivity index (χ0v) is 23.2. The number of pyridine rings is 1. The molecule has 41 heavy (non-hydrogen) atoms. The Bertz CT molecular complexity index is 1390. The lowest BCUT2D eigenvalue weighted by atomic mass is 9.93. The fourth-order valence-corrected chi connectivity index (χ4v) is 4.47. The Balaban J connectivity index is 2.22. The summed E-state index contributed by atoms with van der Waals surface area (Å²) in [5.74, 6) is 2.90. The largest absolute Gasteiger partial charge is 0.416 e. The molecule has 0 spiro atoms. The smallest absolute Gasteiger partial charge is 0.376 e. The molecule has 8 heteroatoms. The first-order chi connectivity index (χ1) is 19.2. The lowest BCUT2D eigenvalue weighted by molar-refractivity contribution is -0.143. The molecule has 0 radical (unpaired) electrons. The lowest BCUT2D eigenvalue weighted by Gasteiger charge is -2.26. The van der Waals surface area contributed by atoms with Crippen molar-refractivity contribution in [2.24, 2.45) is 11.8 Å². The highest BCUT2D eigenvalue weighted by molar-refractivity contribution is 5.62. The molecule has 0 saturated heterocycles. The molecule has 3 aromatic rings. The Kier molecular flexibility index (Phi) is 10.1. The van der Waals surface area contributed by atoms with Crippen LogP contribution >= 0.6 is 0 Å². The molecule has 0 aliphatic carbocycles. The summed E-state index contributed by atoms with van der Waals surface area (Å²) >= 11 is 0. The van der Waals surface area contributed by atoms with Gasteiger partial charge in [0.25, 0.3) is 0 Å². The number of aromatic nitrogens is 1. The van der Waals surface area contributed by atoms with Gasteiger partial charge in [-0.25, -0.2) is 0 Å². The molecule has 0 fully saturated rings. The van der Waals surface area contributed by atoms with Crippen LogP contribution in [0, 0.1) is 24.2 Å². The van der Waals surface area contributed by atoms with Crippen molar-refractivity contribution in [3.8, 4) is 23.6 Å². The quantitative estimate of drug-likeness (QED) is 0.157. The Morgan fingerprint density at radius 2 is 1.49 bits per heavy atom. The van der Waals surface area contributed by atoms with Crippen LogP contribution in [-0.2, 0) is 12.4 Å². The molecular formula is C33H32F6N2. The van der Waals surface area contributed by atoms with Gasteiger partial charge < -0.3 is 5.32 Å². The molecule has 0 amide bonds. The molecular weight excluding hydrogens is 538 g/mol. The van der Waals surface area contributed by atoms with Crippen molar-refractivity contribution in [3.05, 3.63) is 113 Å². The maximum Gasteiger partial charge on any atom is 0.416 e. The van der Waals surface area contributed by atoms with E-state index in [-0.39, 0.29) is 29.2 Å². The predicted molar refractivity (Wildman–Crippen MR) is 150 cm³/mol. The zero-order valence-electron chi connectivity index (χ0n) is 23.2. The van der Waals surface area contributed by atoms with Crippen LogP contribution in [0.5, 0.6) is 0 Å². The van der Waals surface area contributed by atoms with Crippen LogP contribution in [0.4, 0.5) is 26.3 Å². The van der Waals surface area contributed by atoms with E-state index >= 15 is 0 Å². The predicted octanol–water partition coefficient (Wildman–Crippen LogP) is 9.61. The molecule has 1 heterocycles. The molecule has 0 aliphatic heterocycles. The minimum absolute atomic E-state index is 0.00692. The van der Waals surface area contributed by atoms with Gasteiger partial charge in [-0.3, -0.25) is 4.98 Å². The second-order valence-corrected chi connectivity index (χ2v) is 10.4. The van der Waals surface area contributed by atoms with Gasteiger partial charge in [0.1, 0.15) is 0 Å². The minimum atomic E-state index is -4.96. The van der Waals surface area contributed by atoms with E-state index in [1.807, 2.05) is 50.3 Å². The van der Waals surface area contributed by atoms with Crippen molar-refractivity contribution in [1.82, 2.24) is 10.3 Å². The normalized spacial score (nSPS) is 13.8. The fraction of sp³-hybridized carbons (Fsp3) is 0.303. The van der Waals surface area contributed by atoms with Crippen molar-refractivity contribution in [2.75, 3.05) is 0 Å². The third-order valence-corrected chi connectivity index (χ3v) is 6.34. The molecule has 216 valence electrons. The van der Waals surface area contributed by atoms with Gasteiger partial charge in [0.05, 0.1) is 28.6 Å². The van der Waals surface area contributed by atoms with E-state index in [1.54, 1.807) is 18.2 Å². The number of benzene rings is 2. The van der Waals surface area contributed by atoms with Crippen molar-refractivity contribution >= 4 is 0 Å². The topological polar surface area (TPSA) is 24.9 Å². The molecule has 3 rings (SSSR count). The molecule has 2 nitrogen and oxygen atoms in total. The number of hydrogen-bond donors (Lipinski definition) is 1. The monoisotopic (exact) mass is 570 g/mol. The van der Waals surface area contributed by atoms with E-state index in [0.29, 0.717) is 24.2 Å². The third-order valence-electron chi connectivity index (χ3n) is 6.34. The van der Waals surface area contributed by atoms with E-state index in [2.05, 4.69) is 30.1 Å². The van der Waals surface area contributed by atoms with E-state index < -0.39 is 29.5 Å². The number of terminal acetylenes is 1. The van der Waals surface area contributed by atoms with Crippen molar-refractivity contribution < 1.29 is 26.3 Å². The molecule has 1 aromatic heterocycles. The average molecular weight is 571 g/mol. The van der Waals surface area contributed by atoms with Crippen LogP contribution in [-0.4, -0.2) is 4.98 Å². The van der Waals surface area contributed by atoms with Gasteiger partial charge in [0.2, 0.25) is 0 Å². The molecule has 0 aliphatic rings. The number of rotatable bonds is 9. The maximum absolute atomic E-state index is 13.5. The van der Waals surface area contributed by atoms with Crippen LogP contribution in [0.1, 0.15) is 62.5 Å². The molecule has 2 aromatic carbocycles. The highest BCUT2D eigenvalue weighted by Gasteiger charge is 2.37. The summed E-state index contributed by atoms with van der Waals surface area (Å²) < 4.78 is 81.2. The summed E-state index contributed by atoms with van der Waals surface area (Å²) in [5, 5.41) is 3.60. The van der Waals surface area contributed by atoms with Crippen molar-refractivity contribution in [2.45, 2.75) is 52.5 Å². The van der Waals surface area contributed by atoms with Gasteiger partial charge in [0, 0.05) is 11.3 Å². The fourth-order valence-electron chi connectivity index (χ4n) is 4.47. The SMILES string of the molecule is C#C/C=C\C(=C(/CC(C)C)NC(c1ccccc1)c1cccc(-c2cc(C(F)(F)F)cc(C(F)(F)F)c2)n1)C(C)C. The Labute approximate surface area is 237 Å². The van der Waals surface area contributed by atoms with Crippen LogP contribution in [0.2, 0.25) is 0 Å². The van der Waals surface area contributed by atoms with Gasteiger partial charge in [-0.15, -0.1) is 6.42 Å². The van der Waals surface area contributed by atoms with Crippen LogP contribution in [0.3, 0.4) is 0 Å². The molecule has 1 atom stereocenters. The first-order valence-corrected chi connectivity index (χ1v) is 13.1. The van der Waals surface area contributed by atoms with Gasteiger partial charge in [-0.2, -0.15) is 26.3 Å². The van der Waals surface area contributed by atoms with Gasteiger partial charge in [-0.05, 0) is 71.9 Å². The highest BCUT2D eigenvalue weighted by Crippen LogP contribution is 2.39. The van der Waals surface area contributed by atoms with Crippen LogP contribution in [0.15, 0.2) is 90.2 Å². The van der Waals surface area contributed by atoms with Gasteiger partial charge in [-0.1, -0.05) is 70.0 Å². The van der Waals surface area contributed by atoms with Crippen molar-refractivity contribution in [3.63, 3.8) is 0 Å². The maximum atomic E-state index is 13.5. The number of alkyl halides is 6. The summed E-state index contributed by atoms with van der Waals surface area (Å²) in [6, 6.07) is 15.0. The summed E-state index contributed by atoms with van der Waals surface area (Å²) in [5.41, 5.74) is 0.0912. The Hall–Kier alpha value is -3.99. The first-order valence-electron chi connectivity index (χ1n) is 13.1. The Morgan fingerprint density at radius 1 is 0.878 bits per heavy atom. The second-order valence-electron chi connectivity index (χ2n) is 10.4. The average Bonchev–Trinajstić information content (AvgIpc) is 2.90. The van der Waals surface area contributed by atoms with E-state index in [4.69, 9.17) is 6.42 Å². The molecule has 1 N–H and O–H groups in total.